The Hall–Kier alpha value is -2.69. The highest BCUT2D eigenvalue weighted by Gasteiger charge is 2.07. The van der Waals surface area contributed by atoms with Gasteiger partial charge in [-0.2, -0.15) is 0 Å². The van der Waals surface area contributed by atoms with E-state index in [1.165, 1.54) is 0 Å². The molecule has 0 aromatic heterocycles. The monoisotopic (exact) mass is 300 g/mol. The summed E-state index contributed by atoms with van der Waals surface area (Å²) in [4.78, 5) is 11.8. The molecule has 116 valence electrons. The minimum absolute atomic E-state index is 0.115. The van der Waals surface area contributed by atoms with Gasteiger partial charge in [-0.3, -0.25) is 4.79 Å². The van der Waals surface area contributed by atoms with Crippen molar-refractivity contribution in [2.24, 2.45) is 0 Å². The summed E-state index contributed by atoms with van der Waals surface area (Å²) in [5.41, 5.74) is 8.06. The molecule has 0 fully saturated rings. The molecule has 0 aliphatic rings. The molecule has 2 aromatic rings. The van der Waals surface area contributed by atoms with Gasteiger partial charge in [0, 0.05) is 11.4 Å². The van der Waals surface area contributed by atoms with Crippen LogP contribution < -0.4 is 20.5 Å². The van der Waals surface area contributed by atoms with E-state index < -0.39 is 0 Å². The Morgan fingerprint density at radius 2 is 1.86 bits per heavy atom. The topological polar surface area (TPSA) is 73.6 Å². The molecule has 3 N–H and O–H groups in total. The second kappa shape index (κ2) is 7.36. The van der Waals surface area contributed by atoms with E-state index in [0.29, 0.717) is 22.9 Å². The summed E-state index contributed by atoms with van der Waals surface area (Å²) in [6, 6.07) is 12.7. The third-order valence-corrected chi connectivity index (χ3v) is 3.10. The summed E-state index contributed by atoms with van der Waals surface area (Å²) in [7, 11) is 1.59. The van der Waals surface area contributed by atoms with Gasteiger partial charge in [0.1, 0.15) is 0 Å². The van der Waals surface area contributed by atoms with Crippen molar-refractivity contribution in [3.63, 3.8) is 0 Å². The van der Waals surface area contributed by atoms with Gasteiger partial charge in [0.15, 0.2) is 11.5 Å². The number of carbonyl (C=O) groups is 1. The Labute approximate surface area is 130 Å². The highest BCUT2D eigenvalue weighted by Crippen LogP contribution is 2.27. The van der Waals surface area contributed by atoms with Crippen LogP contribution in [-0.4, -0.2) is 19.6 Å². The molecule has 0 atom stereocenters. The van der Waals surface area contributed by atoms with Crippen molar-refractivity contribution >= 4 is 17.3 Å². The molecule has 0 saturated heterocycles. The van der Waals surface area contributed by atoms with Crippen LogP contribution >= 0.6 is 0 Å². The van der Waals surface area contributed by atoms with E-state index in [-0.39, 0.29) is 18.9 Å². The lowest BCUT2D eigenvalue weighted by atomic mass is 10.2. The van der Waals surface area contributed by atoms with Gasteiger partial charge >= 0.3 is 0 Å². The third kappa shape index (κ3) is 4.41. The molecule has 1 amide bonds. The quantitative estimate of drug-likeness (QED) is 0.804. The molecule has 0 heterocycles. The lowest BCUT2D eigenvalue weighted by Crippen LogP contribution is -2.15. The van der Waals surface area contributed by atoms with Crippen LogP contribution in [0.4, 0.5) is 11.4 Å². The number of nitrogens with two attached hydrogens (primary N) is 1. The van der Waals surface area contributed by atoms with Crippen molar-refractivity contribution < 1.29 is 14.3 Å². The Bertz CT molecular complexity index is 639. The Morgan fingerprint density at radius 3 is 2.55 bits per heavy atom. The first-order valence-electron chi connectivity index (χ1n) is 7.01. The SMILES string of the molecule is COc1cc(C)ccc1OCCC(=O)Nc1ccc(N)cc1. The molecule has 0 radical (unpaired) electrons. The zero-order chi connectivity index (χ0) is 15.9. The maximum atomic E-state index is 11.8. The number of ether oxygens (including phenoxy) is 2. The Morgan fingerprint density at radius 1 is 1.14 bits per heavy atom. The first-order valence-corrected chi connectivity index (χ1v) is 7.01. The van der Waals surface area contributed by atoms with Crippen molar-refractivity contribution in [3.8, 4) is 11.5 Å². The maximum Gasteiger partial charge on any atom is 0.227 e. The molecule has 0 aliphatic carbocycles. The summed E-state index contributed by atoms with van der Waals surface area (Å²) in [6.07, 6.45) is 0.251. The van der Waals surface area contributed by atoms with E-state index in [1.54, 1.807) is 31.4 Å². The number of nitrogen functional groups attached to an aromatic ring is 1. The third-order valence-electron chi connectivity index (χ3n) is 3.10. The number of carbonyl (C=O) groups excluding carboxylic acids is 1. The minimum Gasteiger partial charge on any atom is -0.493 e. The summed E-state index contributed by atoms with van der Waals surface area (Å²) in [5.74, 6) is 1.18. The van der Waals surface area contributed by atoms with E-state index in [2.05, 4.69) is 5.32 Å². The molecule has 0 unspecified atom stereocenters. The fraction of sp³-hybridized carbons (Fsp3) is 0.235. The fourth-order valence-corrected chi connectivity index (χ4v) is 1.94. The van der Waals surface area contributed by atoms with Crippen molar-refractivity contribution in [1.82, 2.24) is 0 Å². The summed E-state index contributed by atoms with van der Waals surface area (Å²) >= 11 is 0. The van der Waals surface area contributed by atoms with Crippen LogP contribution in [0.1, 0.15) is 12.0 Å². The number of nitrogens with one attached hydrogen (secondary N) is 1. The van der Waals surface area contributed by atoms with Crippen molar-refractivity contribution in [1.29, 1.82) is 0 Å². The lowest BCUT2D eigenvalue weighted by Gasteiger charge is -2.11. The van der Waals surface area contributed by atoms with Gasteiger partial charge in [0.25, 0.3) is 0 Å². The predicted molar refractivity (Wildman–Crippen MR) is 87.3 cm³/mol. The average Bonchev–Trinajstić information content (AvgIpc) is 2.51. The normalized spacial score (nSPS) is 10.1. The van der Waals surface area contributed by atoms with Crippen molar-refractivity contribution in [3.05, 3.63) is 48.0 Å². The zero-order valence-electron chi connectivity index (χ0n) is 12.8. The van der Waals surface area contributed by atoms with Gasteiger partial charge in [0.2, 0.25) is 5.91 Å². The zero-order valence-corrected chi connectivity index (χ0v) is 12.8. The van der Waals surface area contributed by atoms with E-state index in [4.69, 9.17) is 15.2 Å². The van der Waals surface area contributed by atoms with Gasteiger partial charge in [-0.1, -0.05) is 6.07 Å². The summed E-state index contributed by atoms with van der Waals surface area (Å²) in [5, 5.41) is 2.79. The van der Waals surface area contributed by atoms with Gasteiger partial charge in [-0.05, 0) is 48.9 Å². The van der Waals surface area contributed by atoms with E-state index in [1.807, 2.05) is 25.1 Å². The molecular weight excluding hydrogens is 280 g/mol. The standard InChI is InChI=1S/C17H20N2O3/c1-12-3-8-15(16(11-12)21-2)22-10-9-17(20)19-14-6-4-13(18)5-7-14/h3-8,11H,9-10,18H2,1-2H3,(H,19,20). The molecule has 2 rings (SSSR count). The molecule has 22 heavy (non-hydrogen) atoms. The molecule has 2 aromatic carbocycles. The van der Waals surface area contributed by atoms with Gasteiger partial charge in [-0.25, -0.2) is 0 Å². The van der Waals surface area contributed by atoms with Crippen molar-refractivity contribution in [2.75, 3.05) is 24.8 Å². The first kappa shape index (κ1) is 15.7. The molecule has 5 nitrogen and oxygen atoms in total. The first-order chi connectivity index (χ1) is 10.6. The molecule has 0 spiro atoms. The Balaban J connectivity index is 1.83. The highest BCUT2D eigenvalue weighted by atomic mass is 16.5. The van der Waals surface area contributed by atoms with Crippen LogP contribution in [0.3, 0.4) is 0 Å². The number of amides is 1. The number of benzene rings is 2. The lowest BCUT2D eigenvalue weighted by molar-refractivity contribution is -0.116. The van der Waals surface area contributed by atoms with Gasteiger partial charge in [-0.15, -0.1) is 0 Å². The second-order valence-electron chi connectivity index (χ2n) is 4.92. The highest BCUT2D eigenvalue weighted by molar-refractivity contribution is 5.90. The van der Waals surface area contributed by atoms with Gasteiger partial charge in [0.05, 0.1) is 20.1 Å². The average molecular weight is 300 g/mol. The van der Waals surface area contributed by atoms with Crippen molar-refractivity contribution in [2.45, 2.75) is 13.3 Å². The van der Waals surface area contributed by atoms with Crippen LogP contribution in [0.25, 0.3) is 0 Å². The maximum absolute atomic E-state index is 11.8. The van der Waals surface area contributed by atoms with Crippen LogP contribution in [0, 0.1) is 6.92 Å². The summed E-state index contributed by atoms with van der Waals surface area (Å²) in [6.45, 7) is 2.26. The van der Waals surface area contributed by atoms with Crippen LogP contribution in [0.5, 0.6) is 11.5 Å². The molecule has 0 bridgehead atoms. The largest absolute Gasteiger partial charge is 0.493 e. The van der Waals surface area contributed by atoms with E-state index in [9.17, 15) is 4.79 Å². The number of methoxy groups -OCH3 is 1. The number of aryl methyl sites for hydroxylation is 1. The molecule has 0 saturated carbocycles. The van der Waals surface area contributed by atoms with Crippen LogP contribution in [0.15, 0.2) is 42.5 Å². The number of rotatable bonds is 6. The molecule has 5 heteroatoms. The van der Waals surface area contributed by atoms with Crippen LogP contribution in [0.2, 0.25) is 0 Å². The predicted octanol–water partition coefficient (Wildman–Crippen LogP) is 2.99. The molecular formula is C17H20N2O3. The number of hydrogen-bond donors (Lipinski definition) is 2. The number of hydrogen-bond acceptors (Lipinski definition) is 4. The summed E-state index contributed by atoms with van der Waals surface area (Å²) < 4.78 is 10.9. The fourth-order valence-electron chi connectivity index (χ4n) is 1.94. The molecule has 0 aliphatic heterocycles. The van der Waals surface area contributed by atoms with E-state index >= 15 is 0 Å². The van der Waals surface area contributed by atoms with Gasteiger partial charge < -0.3 is 20.5 Å². The second-order valence-corrected chi connectivity index (χ2v) is 4.92. The minimum atomic E-state index is -0.115. The Kier molecular flexibility index (Phi) is 5.25. The number of anilines is 2. The smallest absolute Gasteiger partial charge is 0.227 e. The van der Waals surface area contributed by atoms with E-state index in [0.717, 1.165) is 5.56 Å². The van der Waals surface area contributed by atoms with Crippen LogP contribution in [-0.2, 0) is 4.79 Å².